The van der Waals surface area contributed by atoms with Gasteiger partial charge in [0.2, 0.25) is 5.91 Å². The van der Waals surface area contributed by atoms with Crippen LogP contribution in [0.2, 0.25) is 0 Å². The van der Waals surface area contributed by atoms with Crippen LogP contribution in [0, 0.1) is 34.6 Å². The van der Waals surface area contributed by atoms with Crippen LogP contribution in [0.1, 0.15) is 64.8 Å². The van der Waals surface area contributed by atoms with Gasteiger partial charge in [-0.15, -0.1) is 0 Å². The lowest BCUT2D eigenvalue weighted by molar-refractivity contribution is -0.115. The SMILES string of the molecule is CCC(=O)Nc1ccc(N2C(=S)N[C@@H](c3ccccn3)[C@H]2c2cc(C)n(-c3c(C)cccc3C)c2C)cc1C. The van der Waals surface area contributed by atoms with Gasteiger partial charge in [-0.1, -0.05) is 31.2 Å². The molecule has 0 bridgehead atoms. The van der Waals surface area contributed by atoms with E-state index in [2.05, 4.69) is 84.2 Å². The topological polar surface area (TPSA) is 62.2 Å². The summed E-state index contributed by atoms with van der Waals surface area (Å²) in [6.45, 7) is 12.6. The fraction of sp³-hybridized carbons (Fsp3) is 0.281. The van der Waals surface area contributed by atoms with Gasteiger partial charge in [-0.05, 0) is 105 Å². The molecular formula is C32H35N5OS. The summed E-state index contributed by atoms with van der Waals surface area (Å²) >= 11 is 5.97. The molecular weight excluding hydrogens is 502 g/mol. The highest BCUT2D eigenvalue weighted by Crippen LogP contribution is 2.44. The second-order valence-corrected chi connectivity index (χ2v) is 10.7. The van der Waals surface area contributed by atoms with Crippen molar-refractivity contribution >= 4 is 34.6 Å². The summed E-state index contributed by atoms with van der Waals surface area (Å²) in [6, 6.07) is 20.6. The van der Waals surface area contributed by atoms with E-state index in [1.54, 1.807) is 0 Å². The van der Waals surface area contributed by atoms with Crippen LogP contribution in [0.5, 0.6) is 0 Å². The molecule has 2 aromatic heterocycles. The lowest BCUT2D eigenvalue weighted by atomic mass is 9.96. The van der Waals surface area contributed by atoms with E-state index < -0.39 is 0 Å². The van der Waals surface area contributed by atoms with Crippen molar-refractivity contribution in [3.63, 3.8) is 0 Å². The molecule has 0 radical (unpaired) electrons. The van der Waals surface area contributed by atoms with Crippen molar-refractivity contribution in [1.82, 2.24) is 14.9 Å². The standard InChI is InChI=1S/C32H35N5OS/c1-7-28(38)34-26-15-14-24(17-21(26)4)37-31(29(35-32(37)39)27-13-8-9-16-33-27)25-18-22(5)36(23(25)6)30-19(2)11-10-12-20(30)3/h8-18,29,31H,7H2,1-6H3,(H,34,38)(H,35,39)/t29-,31+/m0/s1. The summed E-state index contributed by atoms with van der Waals surface area (Å²) < 4.78 is 2.36. The van der Waals surface area contributed by atoms with Crippen LogP contribution in [0.3, 0.4) is 0 Å². The van der Waals surface area contributed by atoms with Crippen LogP contribution in [0.4, 0.5) is 11.4 Å². The number of para-hydroxylation sites is 1. The van der Waals surface area contributed by atoms with Gasteiger partial charge in [-0.25, -0.2) is 0 Å². The summed E-state index contributed by atoms with van der Waals surface area (Å²) in [6.07, 6.45) is 2.26. The van der Waals surface area contributed by atoms with Crippen molar-refractivity contribution < 1.29 is 4.79 Å². The Labute approximate surface area is 236 Å². The molecule has 7 heteroatoms. The Morgan fingerprint density at radius 3 is 2.36 bits per heavy atom. The molecule has 3 heterocycles. The Hall–Kier alpha value is -3.97. The first-order chi connectivity index (χ1) is 18.7. The molecule has 4 aromatic rings. The summed E-state index contributed by atoms with van der Waals surface area (Å²) in [7, 11) is 0. The Morgan fingerprint density at radius 2 is 1.72 bits per heavy atom. The second kappa shape index (κ2) is 10.7. The van der Waals surface area contributed by atoms with Gasteiger partial charge in [0.15, 0.2) is 5.11 Å². The van der Waals surface area contributed by atoms with Gasteiger partial charge < -0.3 is 20.1 Å². The fourth-order valence-corrected chi connectivity index (χ4v) is 6.06. The Balaban J connectivity index is 1.66. The van der Waals surface area contributed by atoms with E-state index in [0.29, 0.717) is 11.5 Å². The van der Waals surface area contributed by atoms with Crippen molar-refractivity contribution in [1.29, 1.82) is 0 Å². The predicted octanol–water partition coefficient (Wildman–Crippen LogP) is 6.94. The number of hydrogen-bond donors (Lipinski definition) is 2. The molecule has 39 heavy (non-hydrogen) atoms. The number of pyridine rings is 1. The molecule has 1 saturated heterocycles. The van der Waals surface area contributed by atoms with E-state index in [0.717, 1.165) is 22.6 Å². The second-order valence-electron chi connectivity index (χ2n) is 10.3. The third-order valence-electron chi connectivity index (χ3n) is 7.63. The molecule has 200 valence electrons. The Kier molecular flexibility index (Phi) is 7.28. The lowest BCUT2D eigenvalue weighted by Gasteiger charge is -2.29. The minimum atomic E-state index is -0.134. The Bertz CT molecular complexity index is 1540. The molecule has 1 aliphatic heterocycles. The maximum atomic E-state index is 12.0. The zero-order chi connectivity index (χ0) is 27.8. The first-order valence-electron chi connectivity index (χ1n) is 13.4. The van der Waals surface area contributed by atoms with Crippen LogP contribution in [0.15, 0.2) is 66.9 Å². The molecule has 2 atom stereocenters. The average Bonchev–Trinajstić information content (AvgIpc) is 3.41. The fourth-order valence-electron chi connectivity index (χ4n) is 5.72. The highest BCUT2D eigenvalue weighted by Gasteiger charge is 2.42. The van der Waals surface area contributed by atoms with Crippen LogP contribution in [-0.4, -0.2) is 20.6 Å². The van der Waals surface area contributed by atoms with Crippen molar-refractivity contribution in [2.75, 3.05) is 10.2 Å². The summed E-state index contributed by atoms with van der Waals surface area (Å²) in [5, 5.41) is 7.22. The molecule has 1 aliphatic rings. The van der Waals surface area contributed by atoms with Gasteiger partial charge in [0, 0.05) is 35.4 Å². The van der Waals surface area contributed by atoms with E-state index in [9.17, 15) is 4.79 Å². The molecule has 0 saturated carbocycles. The number of benzene rings is 2. The molecule has 1 fully saturated rings. The first kappa shape index (κ1) is 26.6. The van der Waals surface area contributed by atoms with Crippen molar-refractivity contribution in [3.05, 3.63) is 106 Å². The number of aryl methyl sites for hydroxylation is 4. The number of nitrogens with one attached hydrogen (secondary N) is 2. The minimum absolute atomic E-state index is 0.00348. The zero-order valence-corrected chi connectivity index (χ0v) is 24.2. The number of nitrogens with zero attached hydrogens (tertiary/aromatic N) is 3. The van der Waals surface area contributed by atoms with Gasteiger partial charge in [0.05, 0.1) is 23.5 Å². The summed E-state index contributed by atoms with van der Waals surface area (Å²) in [5.74, 6) is -0.00348. The van der Waals surface area contributed by atoms with Crippen LogP contribution >= 0.6 is 12.2 Å². The van der Waals surface area contributed by atoms with Gasteiger partial charge in [-0.3, -0.25) is 9.78 Å². The van der Waals surface area contributed by atoms with Crippen LogP contribution in [0.25, 0.3) is 5.69 Å². The Morgan fingerprint density at radius 1 is 0.974 bits per heavy atom. The van der Waals surface area contributed by atoms with Crippen molar-refractivity contribution in [2.45, 2.75) is 60.0 Å². The van der Waals surface area contributed by atoms with Crippen molar-refractivity contribution in [2.24, 2.45) is 0 Å². The number of rotatable bonds is 6. The highest BCUT2D eigenvalue weighted by molar-refractivity contribution is 7.80. The number of carbonyl (C=O) groups excluding carboxylic acids is 1. The van der Waals surface area contributed by atoms with E-state index >= 15 is 0 Å². The third-order valence-corrected chi connectivity index (χ3v) is 7.95. The molecule has 0 aliphatic carbocycles. The van der Waals surface area contributed by atoms with Crippen LogP contribution < -0.4 is 15.5 Å². The molecule has 1 amide bonds. The molecule has 6 nitrogen and oxygen atoms in total. The number of hydrogen-bond acceptors (Lipinski definition) is 3. The van der Waals surface area contributed by atoms with Gasteiger partial charge >= 0.3 is 0 Å². The van der Waals surface area contributed by atoms with E-state index in [1.807, 2.05) is 44.3 Å². The van der Waals surface area contributed by atoms with Gasteiger partial charge in [0.25, 0.3) is 0 Å². The number of carbonyl (C=O) groups is 1. The number of thiocarbonyl (C=S) groups is 1. The quantitative estimate of drug-likeness (QED) is 0.261. The first-order valence-corrected chi connectivity index (χ1v) is 13.8. The number of amides is 1. The third kappa shape index (κ3) is 4.83. The normalized spacial score (nSPS) is 16.9. The van der Waals surface area contributed by atoms with E-state index in [1.165, 1.54) is 33.8 Å². The molecule has 0 unspecified atom stereocenters. The largest absolute Gasteiger partial charge is 0.351 e. The zero-order valence-electron chi connectivity index (χ0n) is 23.4. The number of anilines is 2. The molecule has 0 spiro atoms. The summed E-state index contributed by atoms with van der Waals surface area (Å²) in [5.41, 5.74) is 10.9. The summed E-state index contributed by atoms with van der Waals surface area (Å²) in [4.78, 5) is 19.0. The highest BCUT2D eigenvalue weighted by atomic mass is 32.1. The van der Waals surface area contributed by atoms with E-state index in [-0.39, 0.29) is 18.0 Å². The molecule has 2 N–H and O–H groups in total. The monoisotopic (exact) mass is 537 g/mol. The maximum Gasteiger partial charge on any atom is 0.224 e. The van der Waals surface area contributed by atoms with Gasteiger partial charge in [-0.2, -0.15) is 0 Å². The van der Waals surface area contributed by atoms with E-state index in [4.69, 9.17) is 17.2 Å². The van der Waals surface area contributed by atoms with Gasteiger partial charge in [0.1, 0.15) is 0 Å². The predicted molar refractivity (Wildman–Crippen MR) is 163 cm³/mol. The van der Waals surface area contributed by atoms with Crippen molar-refractivity contribution in [3.8, 4) is 5.69 Å². The average molecular weight is 538 g/mol. The molecule has 2 aromatic carbocycles. The smallest absolute Gasteiger partial charge is 0.224 e. The molecule has 5 rings (SSSR count). The minimum Gasteiger partial charge on any atom is -0.351 e. The maximum absolute atomic E-state index is 12.0. The van der Waals surface area contributed by atoms with Crippen LogP contribution in [-0.2, 0) is 4.79 Å². The number of aromatic nitrogens is 2. The lowest BCUT2D eigenvalue weighted by Crippen LogP contribution is -2.29.